The van der Waals surface area contributed by atoms with Crippen LogP contribution in [0.2, 0.25) is 5.02 Å². The molecule has 0 radical (unpaired) electrons. The van der Waals surface area contributed by atoms with E-state index >= 15 is 0 Å². The molecular formula is C27H30ClF3N4O6. The van der Waals surface area contributed by atoms with Crippen molar-refractivity contribution in [1.29, 1.82) is 0 Å². The van der Waals surface area contributed by atoms with Crippen molar-refractivity contribution in [3.05, 3.63) is 79.4 Å². The maximum absolute atomic E-state index is 13.8. The smallest absolute Gasteiger partial charge is 0.426 e. The summed E-state index contributed by atoms with van der Waals surface area (Å²) in [6.07, 6.45) is -1.62. The van der Waals surface area contributed by atoms with Crippen LogP contribution in [0.1, 0.15) is 39.2 Å². The van der Waals surface area contributed by atoms with E-state index in [9.17, 15) is 22.8 Å². The second-order valence-corrected chi connectivity index (χ2v) is 9.82. The van der Waals surface area contributed by atoms with Crippen LogP contribution < -0.4 is 16.0 Å². The second kappa shape index (κ2) is 12.1. The highest BCUT2D eigenvalue weighted by molar-refractivity contribution is 6.30. The Morgan fingerprint density at radius 1 is 1.17 bits per heavy atom. The Labute approximate surface area is 238 Å². The number of allylic oxidation sites excluding steroid dienone is 3. The first-order valence-corrected chi connectivity index (χ1v) is 13.2. The topological polar surface area (TPSA) is 98.7 Å². The Morgan fingerprint density at radius 3 is 2.41 bits per heavy atom. The minimum atomic E-state index is -4.88. The van der Waals surface area contributed by atoms with Gasteiger partial charge in [-0.3, -0.25) is 18.5 Å². The van der Waals surface area contributed by atoms with E-state index in [4.69, 9.17) is 25.8 Å². The van der Waals surface area contributed by atoms with Crippen molar-refractivity contribution in [2.75, 3.05) is 13.2 Å². The summed E-state index contributed by atoms with van der Waals surface area (Å²) in [6, 6.07) is 6.73. The Morgan fingerprint density at radius 2 is 1.83 bits per heavy atom. The monoisotopic (exact) mass is 598 g/mol. The van der Waals surface area contributed by atoms with E-state index in [-0.39, 0.29) is 42.4 Å². The lowest BCUT2D eigenvalue weighted by Crippen LogP contribution is -2.42. The average molecular weight is 599 g/mol. The van der Waals surface area contributed by atoms with Gasteiger partial charge in [0.25, 0.3) is 5.56 Å². The molecule has 0 spiro atoms. The summed E-state index contributed by atoms with van der Waals surface area (Å²) in [5, 5.41) is 0.508. The zero-order chi connectivity index (χ0) is 29.9. The van der Waals surface area contributed by atoms with Gasteiger partial charge in [0.1, 0.15) is 11.5 Å². The molecule has 3 aromatic rings. The van der Waals surface area contributed by atoms with Gasteiger partial charge in [-0.2, -0.15) is 4.98 Å². The van der Waals surface area contributed by atoms with E-state index in [1.165, 1.54) is 22.3 Å². The van der Waals surface area contributed by atoms with Crippen LogP contribution in [0.5, 0.6) is 6.01 Å². The van der Waals surface area contributed by atoms with E-state index < -0.39 is 29.2 Å². The van der Waals surface area contributed by atoms with Crippen LogP contribution in [0.4, 0.5) is 13.2 Å². The van der Waals surface area contributed by atoms with Gasteiger partial charge in [-0.05, 0) is 44.0 Å². The Balaban J connectivity index is 1.82. The van der Waals surface area contributed by atoms with Crippen LogP contribution in [0.3, 0.4) is 0 Å². The molecule has 1 aliphatic heterocycles. The number of hydrogen-bond acceptors (Lipinski definition) is 7. The lowest BCUT2D eigenvalue weighted by molar-refractivity contribution is -0.305. The highest BCUT2D eigenvalue weighted by Gasteiger charge is 2.35. The molecule has 1 saturated heterocycles. The highest BCUT2D eigenvalue weighted by Crippen LogP contribution is 2.28. The third-order valence-corrected chi connectivity index (χ3v) is 6.89. The number of ether oxygens (including phenoxy) is 4. The highest BCUT2D eigenvalue weighted by atomic mass is 35.5. The molecular weight excluding hydrogens is 569 g/mol. The summed E-state index contributed by atoms with van der Waals surface area (Å²) in [7, 11) is 1.47. The van der Waals surface area contributed by atoms with Gasteiger partial charge in [0.2, 0.25) is 0 Å². The number of rotatable bonds is 10. The summed E-state index contributed by atoms with van der Waals surface area (Å²) >= 11 is 6.04. The van der Waals surface area contributed by atoms with E-state index in [0.29, 0.717) is 24.7 Å². The fourth-order valence-corrected chi connectivity index (χ4v) is 4.67. The summed E-state index contributed by atoms with van der Waals surface area (Å²) < 4.78 is 63.2. The number of hydrogen-bond donors (Lipinski definition) is 0. The number of alkyl halides is 3. The Bertz CT molecular complexity index is 1580. The minimum Gasteiger partial charge on any atom is -0.426 e. The summed E-state index contributed by atoms with van der Waals surface area (Å²) in [5.41, 5.74) is -0.377. The van der Waals surface area contributed by atoms with Gasteiger partial charge < -0.3 is 18.9 Å². The summed E-state index contributed by atoms with van der Waals surface area (Å²) in [6.45, 7) is 5.52. The van der Waals surface area contributed by atoms with Gasteiger partial charge >= 0.3 is 18.1 Å². The van der Waals surface area contributed by atoms with Gasteiger partial charge in [0.15, 0.2) is 17.0 Å². The third kappa shape index (κ3) is 6.85. The average Bonchev–Trinajstić information content (AvgIpc) is 3.53. The van der Waals surface area contributed by atoms with Crippen molar-refractivity contribution in [3.8, 4) is 6.01 Å². The van der Waals surface area contributed by atoms with E-state index in [1.54, 1.807) is 31.2 Å². The largest absolute Gasteiger partial charge is 0.572 e. The van der Waals surface area contributed by atoms with Crippen molar-refractivity contribution in [2.45, 2.75) is 58.9 Å². The number of aryl methyl sites for hydroxylation is 1. The Hall–Kier alpha value is -3.55. The lowest BCUT2D eigenvalue weighted by atomic mass is 10.1. The standard InChI is InChI=1S/C27H30ClF3N4O6/c1-5-20(15-17(3)41-27(29,30)31)40-24-32-22-21(35(24)16-18-7-9-19(28)10-8-18)23(36)34(25(37)33(22)4)12-11-26(6-2)38-13-14-39-26/h5,7-10,15H,6,11-14,16H2,1-4H3/b17-15+,20-5+. The normalized spacial score (nSPS) is 16.0. The molecule has 2 aromatic heterocycles. The molecule has 10 nitrogen and oxygen atoms in total. The summed E-state index contributed by atoms with van der Waals surface area (Å²) in [5.74, 6) is -1.38. The maximum atomic E-state index is 13.8. The maximum Gasteiger partial charge on any atom is 0.572 e. The number of halogens is 4. The van der Waals surface area contributed by atoms with Crippen LogP contribution in [0.25, 0.3) is 11.2 Å². The van der Waals surface area contributed by atoms with Gasteiger partial charge in [0.05, 0.1) is 19.8 Å². The van der Waals surface area contributed by atoms with Crippen LogP contribution in [-0.2, 0) is 34.3 Å². The molecule has 222 valence electrons. The fourth-order valence-electron chi connectivity index (χ4n) is 4.54. The first-order chi connectivity index (χ1) is 19.4. The predicted octanol–water partition coefficient (Wildman–Crippen LogP) is 4.86. The van der Waals surface area contributed by atoms with Gasteiger partial charge in [0, 0.05) is 31.1 Å². The molecule has 1 aromatic carbocycles. The van der Waals surface area contributed by atoms with Crippen molar-refractivity contribution in [2.24, 2.45) is 7.05 Å². The minimum absolute atomic E-state index is 0.0223. The van der Waals surface area contributed by atoms with Crippen LogP contribution in [0, 0.1) is 0 Å². The first-order valence-electron chi connectivity index (χ1n) is 12.9. The fraction of sp³-hybridized carbons (Fsp3) is 0.444. The summed E-state index contributed by atoms with van der Waals surface area (Å²) in [4.78, 5) is 31.5. The zero-order valence-electron chi connectivity index (χ0n) is 23.0. The molecule has 0 aliphatic carbocycles. The number of aromatic nitrogens is 4. The van der Waals surface area contributed by atoms with Crippen molar-refractivity contribution < 1.29 is 32.1 Å². The van der Waals surface area contributed by atoms with E-state index in [1.807, 2.05) is 6.92 Å². The molecule has 0 saturated carbocycles. The third-order valence-electron chi connectivity index (χ3n) is 6.64. The lowest BCUT2D eigenvalue weighted by Gasteiger charge is -2.26. The molecule has 0 amide bonds. The SMILES string of the molecule is C/C=C(\C=C(/C)OC(F)(F)F)Oc1nc2c(c(=O)n(CCC3(CC)OCCO3)c(=O)n2C)n1Cc1ccc(Cl)cc1. The van der Waals surface area contributed by atoms with Gasteiger partial charge in [-0.25, -0.2) is 4.79 Å². The predicted molar refractivity (Wildman–Crippen MR) is 145 cm³/mol. The van der Waals surface area contributed by atoms with E-state index in [0.717, 1.165) is 23.1 Å². The van der Waals surface area contributed by atoms with Gasteiger partial charge in [-0.15, -0.1) is 13.2 Å². The quantitative estimate of drug-likeness (QED) is 0.243. The number of benzene rings is 1. The van der Waals surface area contributed by atoms with Crippen molar-refractivity contribution in [3.63, 3.8) is 0 Å². The molecule has 41 heavy (non-hydrogen) atoms. The second-order valence-electron chi connectivity index (χ2n) is 9.38. The van der Waals surface area contributed by atoms with Crippen molar-refractivity contribution in [1.82, 2.24) is 18.7 Å². The molecule has 0 atom stereocenters. The van der Waals surface area contributed by atoms with Crippen molar-refractivity contribution >= 4 is 22.8 Å². The zero-order valence-corrected chi connectivity index (χ0v) is 23.7. The number of fused-ring (bicyclic) bond motifs is 1. The van der Waals surface area contributed by atoms with Gasteiger partial charge in [-0.1, -0.05) is 30.7 Å². The van der Waals surface area contributed by atoms with Crippen LogP contribution >= 0.6 is 11.6 Å². The number of imidazole rings is 1. The van der Waals surface area contributed by atoms with E-state index in [2.05, 4.69) is 9.72 Å². The van der Waals surface area contributed by atoms with Crippen LogP contribution in [-0.4, -0.2) is 44.0 Å². The number of nitrogens with zero attached hydrogens (tertiary/aromatic N) is 4. The molecule has 0 bridgehead atoms. The first kappa shape index (κ1) is 30.4. The Kier molecular flexibility index (Phi) is 9.00. The molecule has 1 aliphatic rings. The molecule has 14 heteroatoms. The molecule has 0 unspecified atom stereocenters. The molecule has 0 N–H and O–H groups in total. The molecule has 3 heterocycles. The van der Waals surface area contributed by atoms with Crippen LogP contribution in [0.15, 0.2) is 57.5 Å². The molecule has 1 fully saturated rings. The molecule has 4 rings (SSSR count).